The van der Waals surface area contributed by atoms with Gasteiger partial charge in [0, 0.05) is 0 Å². The smallest absolute Gasteiger partial charge is 0.175 e. The molecule has 5 nitrogen and oxygen atoms in total. The summed E-state index contributed by atoms with van der Waals surface area (Å²) in [6.07, 6.45) is 0. The van der Waals surface area contributed by atoms with E-state index in [1.165, 1.54) is 11.1 Å². The third-order valence-corrected chi connectivity index (χ3v) is 4.71. The van der Waals surface area contributed by atoms with Crippen LogP contribution in [0.4, 0.5) is 11.4 Å². The van der Waals surface area contributed by atoms with Crippen LogP contribution in [0.15, 0.2) is 48.5 Å². The molecule has 1 heterocycles. The molecule has 0 atom stereocenters. The number of anilines is 2. The van der Waals surface area contributed by atoms with Gasteiger partial charge in [0.15, 0.2) is 5.11 Å². The lowest BCUT2D eigenvalue weighted by Crippen LogP contribution is -2.20. The zero-order valence-electron chi connectivity index (χ0n) is 16.7. The maximum atomic E-state index is 5.65. The lowest BCUT2D eigenvalue weighted by atomic mass is 10.1. The van der Waals surface area contributed by atoms with Gasteiger partial charge in [-0.05, 0) is 57.6 Å². The van der Waals surface area contributed by atoms with Gasteiger partial charge < -0.3 is 15.4 Å². The average Bonchev–Trinajstić information content (AvgIpc) is 2.93. The summed E-state index contributed by atoms with van der Waals surface area (Å²) >= 11 is 5.52. The van der Waals surface area contributed by atoms with E-state index >= 15 is 0 Å². The standard InChI is InChI=1S/C22H26N4OS/c1-5-27-20-9-7-6-8-19(20)23-22(28)24-21-16(3)25-26(17(21)4)14-18-12-10-15(2)11-13-18/h6-13H,5,14H2,1-4H3,(H2,23,24,28). The summed E-state index contributed by atoms with van der Waals surface area (Å²) in [5.74, 6) is 0.776. The number of rotatable bonds is 6. The second-order valence-corrected chi connectivity index (χ2v) is 7.11. The van der Waals surface area contributed by atoms with Crippen LogP contribution >= 0.6 is 12.2 Å². The SMILES string of the molecule is CCOc1ccccc1NC(=S)Nc1c(C)nn(Cc2ccc(C)cc2)c1C. The number of ether oxygens (including phenoxy) is 1. The Kier molecular flexibility index (Phi) is 6.31. The summed E-state index contributed by atoms with van der Waals surface area (Å²) in [6.45, 7) is 9.41. The van der Waals surface area contributed by atoms with E-state index < -0.39 is 0 Å². The molecule has 0 amide bonds. The summed E-state index contributed by atoms with van der Waals surface area (Å²) in [4.78, 5) is 0. The normalized spacial score (nSPS) is 10.6. The molecule has 0 aliphatic heterocycles. The van der Waals surface area contributed by atoms with E-state index in [9.17, 15) is 0 Å². The third-order valence-electron chi connectivity index (χ3n) is 4.51. The number of thiocarbonyl (C=S) groups is 1. The maximum Gasteiger partial charge on any atom is 0.175 e. The molecule has 0 bridgehead atoms. The first-order valence-electron chi connectivity index (χ1n) is 9.37. The minimum absolute atomic E-state index is 0.508. The molecule has 2 aromatic carbocycles. The van der Waals surface area contributed by atoms with Gasteiger partial charge in [0.1, 0.15) is 5.75 Å². The molecular formula is C22H26N4OS. The van der Waals surface area contributed by atoms with E-state index in [0.29, 0.717) is 11.7 Å². The van der Waals surface area contributed by atoms with Crippen molar-refractivity contribution >= 4 is 28.7 Å². The van der Waals surface area contributed by atoms with Crippen molar-refractivity contribution in [1.82, 2.24) is 9.78 Å². The Morgan fingerprint density at radius 3 is 2.46 bits per heavy atom. The second kappa shape index (κ2) is 8.89. The summed E-state index contributed by atoms with van der Waals surface area (Å²) in [6, 6.07) is 16.3. The van der Waals surface area contributed by atoms with Gasteiger partial charge in [0.05, 0.1) is 35.9 Å². The van der Waals surface area contributed by atoms with Crippen molar-refractivity contribution in [3.63, 3.8) is 0 Å². The van der Waals surface area contributed by atoms with Crippen LogP contribution in [-0.2, 0) is 6.54 Å². The molecular weight excluding hydrogens is 368 g/mol. The van der Waals surface area contributed by atoms with E-state index in [-0.39, 0.29) is 0 Å². The number of aryl methyl sites for hydroxylation is 2. The predicted molar refractivity (Wildman–Crippen MR) is 119 cm³/mol. The highest BCUT2D eigenvalue weighted by Crippen LogP contribution is 2.25. The zero-order chi connectivity index (χ0) is 20.1. The van der Waals surface area contributed by atoms with E-state index in [4.69, 9.17) is 17.0 Å². The van der Waals surface area contributed by atoms with Gasteiger partial charge in [0.25, 0.3) is 0 Å². The number of nitrogens with zero attached hydrogens (tertiary/aromatic N) is 2. The molecule has 6 heteroatoms. The molecule has 0 unspecified atom stereocenters. The minimum atomic E-state index is 0.508. The van der Waals surface area contributed by atoms with Gasteiger partial charge in [-0.3, -0.25) is 4.68 Å². The van der Waals surface area contributed by atoms with Crippen LogP contribution in [-0.4, -0.2) is 21.5 Å². The quantitative estimate of drug-likeness (QED) is 0.572. The maximum absolute atomic E-state index is 5.65. The molecule has 0 aliphatic rings. The van der Waals surface area contributed by atoms with Gasteiger partial charge >= 0.3 is 0 Å². The lowest BCUT2D eigenvalue weighted by molar-refractivity contribution is 0.342. The van der Waals surface area contributed by atoms with E-state index in [2.05, 4.69) is 46.9 Å². The van der Waals surface area contributed by atoms with Crippen molar-refractivity contribution in [2.24, 2.45) is 0 Å². The van der Waals surface area contributed by atoms with Gasteiger partial charge in [-0.25, -0.2) is 0 Å². The van der Waals surface area contributed by atoms with E-state index in [1.54, 1.807) is 0 Å². The molecule has 0 saturated carbocycles. The van der Waals surface area contributed by atoms with Crippen molar-refractivity contribution in [2.45, 2.75) is 34.2 Å². The number of hydrogen-bond acceptors (Lipinski definition) is 3. The first-order valence-corrected chi connectivity index (χ1v) is 9.78. The summed E-state index contributed by atoms with van der Waals surface area (Å²) in [7, 11) is 0. The molecule has 0 fully saturated rings. The first-order chi connectivity index (χ1) is 13.5. The fourth-order valence-corrected chi connectivity index (χ4v) is 3.23. The zero-order valence-corrected chi connectivity index (χ0v) is 17.6. The van der Waals surface area contributed by atoms with Crippen LogP contribution in [0.3, 0.4) is 0 Å². The van der Waals surface area contributed by atoms with Crippen molar-refractivity contribution < 1.29 is 4.74 Å². The van der Waals surface area contributed by atoms with E-state index in [1.807, 2.05) is 49.7 Å². The fourth-order valence-electron chi connectivity index (χ4n) is 3.02. The molecule has 0 saturated heterocycles. The Labute approximate surface area is 171 Å². The van der Waals surface area contributed by atoms with Crippen LogP contribution < -0.4 is 15.4 Å². The van der Waals surface area contributed by atoms with Crippen molar-refractivity contribution in [3.8, 4) is 5.75 Å². The topological polar surface area (TPSA) is 51.1 Å². The summed E-state index contributed by atoms with van der Waals surface area (Å²) in [5.41, 5.74) is 6.19. The number of aromatic nitrogens is 2. The number of benzene rings is 2. The molecule has 3 aromatic rings. The molecule has 0 aliphatic carbocycles. The lowest BCUT2D eigenvalue weighted by Gasteiger charge is -2.14. The largest absolute Gasteiger partial charge is 0.492 e. The highest BCUT2D eigenvalue weighted by atomic mass is 32.1. The molecule has 2 N–H and O–H groups in total. The second-order valence-electron chi connectivity index (χ2n) is 6.70. The highest BCUT2D eigenvalue weighted by Gasteiger charge is 2.14. The molecule has 1 aromatic heterocycles. The first kappa shape index (κ1) is 19.9. The Hall–Kier alpha value is -2.86. The third kappa shape index (κ3) is 4.70. The van der Waals surface area contributed by atoms with Gasteiger partial charge in [-0.1, -0.05) is 42.0 Å². The fraction of sp³-hybridized carbons (Fsp3) is 0.273. The van der Waals surface area contributed by atoms with Gasteiger partial charge in [-0.2, -0.15) is 5.10 Å². The molecule has 0 radical (unpaired) electrons. The van der Waals surface area contributed by atoms with Crippen molar-refractivity contribution in [1.29, 1.82) is 0 Å². The summed E-state index contributed by atoms with van der Waals surface area (Å²) in [5, 5.41) is 11.7. The van der Waals surface area contributed by atoms with Crippen LogP contribution in [0.5, 0.6) is 5.75 Å². The molecule has 28 heavy (non-hydrogen) atoms. The highest BCUT2D eigenvalue weighted by molar-refractivity contribution is 7.80. The Morgan fingerprint density at radius 2 is 1.75 bits per heavy atom. The molecule has 0 spiro atoms. The van der Waals surface area contributed by atoms with E-state index in [0.717, 1.165) is 35.1 Å². The Bertz CT molecular complexity index is 963. The molecule has 3 rings (SSSR count). The van der Waals surface area contributed by atoms with Gasteiger partial charge in [0.2, 0.25) is 0 Å². The van der Waals surface area contributed by atoms with Crippen LogP contribution in [0.2, 0.25) is 0 Å². The van der Waals surface area contributed by atoms with Crippen LogP contribution in [0.1, 0.15) is 29.4 Å². The number of para-hydroxylation sites is 2. The minimum Gasteiger partial charge on any atom is -0.492 e. The monoisotopic (exact) mass is 394 g/mol. The Morgan fingerprint density at radius 1 is 1.04 bits per heavy atom. The van der Waals surface area contributed by atoms with Crippen molar-refractivity contribution in [2.75, 3.05) is 17.2 Å². The summed E-state index contributed by atoms with van der Waals surface area (Å²) < 4.78 is 7.65. The molecule has 146 valence electrons. The number of nitrogens with one attached hydrogen (secondary N) is 2. The van der Waals surface area contributed by atoms with Gasteiger partial charge in [-0.15, -0.1) is 0 Å². The predicted octanol–water partition coefficient (Wildman–Crippen LogP) is 5.06. The number of hydrogen-bond donors (Lipinski definition) is 2. The average molecular weight is 395 g/mol. The van der Waals surface area contributed by atoms with Crippen molar-refractivity contribution in [3.05, 3.63) is 71.0 Å². The van der Waals surface area contributed by atoms with Crippen LogP contribution in [0, 0.1) is 20.8 Å². The van der Waals surface area contributed by atoms with Crippen LogP contribution in [0.25, 0.3) is 0 Å². The Balaban J connectivity index is 1.73.